The molecule has 1 aliphatic rings. The van der Waals surface area contributed by atoms with Crippen molar-refractivity contribution in [2.45, 2.75) is 24.9 Å². The molecular weight excluding hydrogens is 188 g/mol. The van der Waals surface area contributed by atoms with Crippen LogP contribution in [0.4, 0.5) is 0 Å². The maximum absolute atomic E-state index is 10.3. The summed E-state index contributed by atoms with van der Waals surface area (Å²) in [6.45, 7) is 3.72. The molecule has 2 heteroatoms. The summed E-state index contributed by atoms with van der Waals surface area (Å²) in [5, 5.41) is 10.3. The maximum Gasteiger partial charge on any atom is 0.119 e. The van der Waals surface area contributed by atoms with Crippen LogP contribution in [-0.4, -0.2) is 12.2 Å². The average Bonchev–Trinajstić information content (AvgIpc) is 2.29. The van der Waals surface area contributed by atoms with Gasteiger partial charge in [-0.2, -0.15) is 0 Å². The molecule has 0 amide bonds. The number of ether oxygens (including phenoxy) is 1. The van der Waals surface area contributed by atoms with Crippen molar-refractivity contribution in [1.82, 2.24) is 0 Å². The number of hydrogen-bond donors (Lipinski definition) is 1. The molecule has 0 bridgehead atoms. The van der Waals surface area contributed by atoms with Gasteiger partial charge in [0.15, 0.2) is 0 Å². The molecule has 1 aromatic carbocycles. The molecule has 1 atom stereocenters. The van der Waals surface area contributed by atoms with Crippen LogP contribution in [0, 0.1) is 0 Å². The largest absolute Gasteiger partial charge is 0.497 e. The van der Waals surface area contributed by atoms with Gasteiger partial charge in [-0.25, -0.2) is 0 Å². The normalized spacial score (nSPS) is 24.4. The van der Waals surface area contributed by atoms with E-state index in [1.807, 2.05) is 18.2 Å². The zero-order chi connectivity index (χ0) is 10.9. The van der Waals surface area contributed by atoms with Crippen molar-refractivity contribution in [2.75, 3.05) is 7.11 Å². The molecule has 2 rings (SSSR count). The van der Waals surface area contributed by atoms with Crippen molar-refractivity contribution in [2.24, 2.45) is 0 Å². The van der Waals surface area contributed by atoms with E-state index in [1.54, 1.807) is 13.2 Å². The van der Waals surface area contributed by atoms with Crippen LogP contribution in [0.5, 0.6) is 5.75 Å². The third-order valence-electron chi connectivity index (χ3n) is 3.12. The van der Waals surface area contributed by atoms with Gasteiger partial charge in [-0.1, -0.05) is 18.7 Å². The molecule has 1 aliphatic carbocycles. The maximum atomic E-state index is 10.3. The lowest BCUT2D eigenvalue weighted by atomic mass is 9.79. The number of hydrogen-bond acceptors (Lipinski definition) is 2. The minimum atomic E-state index is -0.847. The lowest BCUT2D eigenvalue weighted by molar-refractivity contribution is 0.0703. The second kappa shape index (κ2) is 3.70. The number of aliphatic hydroxyl groups is 1. The number of rotatable bonds is 2. The van der Waals surface area contributed by atoms with Crippen LogP contribution >= 0.6 is 0 Å². The first-order valence-electron chi connectivity index (χ1n) is 5.23. The molecule has 2 nitrogen and oxygen atoms in total. The lowest BCUT2D eigenvalue weighted by Crippen LogP contribution is -2.27. The van der Waals surface area contributed by atoms with E-state index >= 15 is 0 Å². The first-order chi connectivity index (χ1) is 7.19. The average molecular weight is 204 g/mol. The molecule has 0 spiro atoms. The second-order valence-electron chi connectivity index (χ2n) is 4.01. The summed E-state index contributed by atoms with van der Waals surface area (Å²) in [4.78, 5) is 0. The first kappa shape index (κ1) is 10.2. The van der Waals surface area contributed by atoms with E-state index in [4.69, 9.17) is 4.74 Å². The van der Waals surface area contributed by atoms with Crippen molar-refractivity contribution in [3.05, 3.63) is 42.0 Å². The van der Waals surface area contributed by atoms with E-state index in [2.05, 4.69) is 6.58 Å². The van der Waals surface area contributed by atoms with E-state index in [9.17, 15) is 5.11 Å². The van der Waals surface area contributed by atoms with Crippen LogP contribution in [0.1, 0.15) is 24.0 Å². The van der Waals surface area contributed by atoms with Gasteiger partial charge in [-0.3, -0.25) is 0 Å². The minimum absolute atomic E-state index is 0.760. The highest BCUT2D eigenvalue weighted by Crippen LogP contribution is 2.37. The van der Waals surface area contributed by atoms with E-state index in [-0.39, 0.29) is 0 Å². The van der Waals surface area contributed by atoms with Crippen molar-refractivity contribution >= 4 is 0 Å². The van der Waals surface area contributed by atoms with E-state index < -0.39 is 5.60 Å². The second-order valence-corrected chi connectivity index (χ2v) is 4.01. The molecule has 0 aliphatic heterocycles. The molecule has 0 radical (unpaired) electrons. The number of benzene rings is 1. The van der Waals surface area contributed by atoms with Crippen LogP contribution in [0.15, 0.2) is 30.9 Å². The van der Waals surface area contributed by atoms with E-state index in [0.29, 0.717) is 0 Å². The first-order valence-corrected chi connectivity index (χ1v) is 5.23. The molecule has 0 heterocycles. The van der Waals surface area contributed by atoms with Crippen molar-refractivity contribution in [3.63, 3.8) is 0 Å². The predicted octanol–water partition coefficient (Wildman–Crippen LogP) is 2.41. The van der Waals surface area contributed by atoms with Gasteiger partial charge in [-0.05, 0) is 42.5 Å². The Labute approximate surface area is 90.2 Å². The van der Waals surface area contributed by atoms with Crippen LogP contribution < -0.4 is 4.74 Å². The Kier molecular flexibility index (Phi) is 2.53. The lowest BCUT2D eigenvalue weighted by Gasteiger charge is -2.31. The van der Waals surface area contributed by atoms with Gasteiger partial charge in [0.2, 0.25) is 0 Å². The Bertz CT molecular complexity index is 384. The molecule has 0 unspecified atom stereocenters. The fraction of sp³-hybridized carbons (Fsp3) is 0.385. The number of fused-ring (bicyclic) bond motifs is 1. The highest BCUT2D eigenvalue weighted by Gasteiger charge is 2.31. The number of aryl methyl sites for hydroxylation is 1. The smallest absolute Gasteiger partial charge is 0.119 e. The van der Waals surface area contributed by atoms with Gasteiger partial charge in [0.25, 0.3) is 0 Å². The molecule has 0 fully saturated rings. The summed E-state index contributed by atoms with van der Waals surface area (Å²) >= 11 is 0. The van der Waals surface area contributed by atoms with Crippen molar-refractivity contribution in [1.29, 1.82) is 0 Å². The summed E-state index contributed by atoms with van der Waals surface area (Å²) in [6, 6.07) is 5.83. The zero-order valence-electron chi connectivity index (χ0n) is 8.99. The molecule has 80 valence electrons. The summed E-state index contributed by atoms with van der Waals surface area (Å²) in [5.74, 6) is 0.849. The molecular formula is C13H16O2. The van der Waals surface area contributed by atoms with Crippen molar-refractivity contribution < 1.29 is 9.84 Å². The third-order valence-corrected chi connectivity index (χ3v) is 3.12. The topological polar surface area (TPSA) is 29.5 Å². The Hall–Kier alpha value is -1.28. The molecule has 0 aromatic heterocycles. The van der Waals surface area contributed by atoms with Gasteiger partial charge >= 0.3 is 0 Å². The highest BCUT2D eigenvalue weighted by atomic mass is 16.5. The summed E-state index contributed by atoms with van der Waals surface area (Å²) in [5.41, 5.74) is 1.30. The van der Waals surface area contributed by atoms with Crippen molar-refractivity contribution in [3.8, 4) is 5.75 Å². The predicted molar refractivity (Wildman–Crippen MR) is 60.0 cm³/mol. The van der Waals surface area contributed by atoms with Gasteiger partial charge < -0.3 is 9.84 Å². The standard InChI is InChI=1S/C13H16O2/c1-3-13(14)8-4-5-10-9-11(15-2)6-7-12(10)13/h3,6-7,9,14H,1,4-5,8H2,2H3/t13-/m0/s1. The van der Waals surface area contributed by atoms with Crippen LogP contribution in [0.25, 0.3) is 0 Å². The zero-order valence-corrected chi connectivity index (χ0v) is 8.99. The molecule has 0 saturated carbocycles. The van der Waals surface area contributed by atoms with E-state index in [0.717, 1.165) is 30.6 Å². The summed E-state index contributed by atoms with van der Waals surface area (Å²) < 4.78 is 5.17. The van der Waals surface area contributed by atoms with Gasteiger partial charge in [-0.15, -0.1) is 0 Å². The third kappa shape index (κ3) is 1.65. The minimum Gasteiger partial charge on any atom is -0.497 e. The van der Waals surface area contributed by atoms with Crippen LogP contribution in [-0.2, 0) is 12.0 Å². The van der Waals surface area contributed by atoms with Crippen LogP contribution in [0.3, 0.4) is 0 Å². The summed E-state index contributed by atoms with van der Waals surface area (Å²) in [7, 11) is 1.66. The Morgan fingerprint density at radius 2 is 2.33 bits per heavy atom. The van der Waals surface area contributed by atoms with Gasteiger partial charge in [0.1, 0.15) is 11.4 Å². The SMILES string of the molecule is C=C[C@]1(O)CCCc2cc(OC)ccc21. The monoisotopic (exact) mass is 204 g/mol. The molecule has 1 aromatic rings. The van der Waals surface area contributed by atoms with Gasteiger partial charge in [0, 0.05) is 0 Å². The number of methoxy groups -OCH3 is 1. The molecule has 0 saturated heterocycles. The fourth-order valence-electron chi connectivity index (χ4n) is 2.22. The fourth-order valence-corrected chi connectivity index (χ4v) is 2.22. The van der Waals surface area contributed by atoms with Crippen LogP contribution in [0.2, 0.25) is 0 Å². The highest BCUT2D eigenvalue weighted by molar-refractivity contribution is 5.42. The Balaban J connectivity index is 2.49. The van der Waals surface area contributed by atoms with Gasteiger partial charge in [0.05, 0.1) is 7.11 Å². The molecule has 15 heavy (non-hydrogen) atoms. The quantitative estimate of drug-likeness (QED) is 0.750. The summed E-state index contributed by atoms with van der Waals surface area (Å²) in [6.07, 6.45) is 4.39. The van der Waals surface area contributed by atoms with E-state index in [1.165, 1.54) is 5.56 Å². The Morgan fingerprint density at radius 3 is 3.00 bits per heavy atom. The molecule has 1 N–H and O–H groups in total. The Morgan fingerprint density at radius 1 is 1.53 bits per heavy atom.